The van der Waals surface area contributed by atoms with E-state index in [-0.39, 0.29) is 24.5 Å². The van der Waals surface area contributed by atoms with E-state index in [4.69, 9.17) is 9.15 Å². The Labute approximate surface area is 165 Å². The van der Waals surface area contributed by atoms with E-state index in [0.717, 1.165) is 24.0 Å². The molecule has 0 unspecified atom stereocenters. The third-order valence-corrected chi connectivity index (χ3v) is 4.98. The first-order valence-electron chi connectivity index (χ1n) is 9.71. The minimum absolute atomic E-state index is 0.0567. The van der Waals surface area contributed by atoms with Crippen molar-refractivity contribution in [2.75, 3.05) is 19.7 Å². The van der Waals surface area contributed by atoms with Crippen LogP contribution in [0.15, 0.2) is 28.7 Å². The van der Waals surface area contributed by atoms with Crippen LogP contribution >= 0.6 is 0 Å². The maximum absolute atomic E-state index is 12.5. The Hall–Kier alpha value is -2.83. The Morgan fingerprint density at radius 3 is 2.64 bits per heavy atom. The maximum atomic E-state index is 12.5. The van der Waals surface area contributed by atoms with E-state index in [9.17, 15) is 9.59 Å². The van der Waals surface area contributed by atoms with Crippen molar-refractivity contribution < 1.29 is 18.7 Å². The minimum atomic E-state index is -0.283. The number of nitrogens with one attached hydrogen (secondary N) is 1. The lowest BCUT2D eigenvalue weighted by atomic mass is 10.1. The first-order chi connectivity index (χ1) is 13.5. The van der Waals surface area contributed by atoms with Gasteiger partial charge in [0, 0.05) is 24.7 Å². The van der Waals surface area contributed by atoms with E-state index >= 15 is 0 Å². The molecule has 0 atom stereocenters. The van der Waals surface area contributed by atoms with Gasteiger partial charge in [-0.3, -0.25) is 4.79 Å². The van der Waals surface area contributed by atoms with Crippen LogP contribution in [0.4, 0.5) is 4.79 Å². The highest BCUT2D eigenvalue weighted by Crippen LogP contribution is 2.25. The average Bonchev–Trinajstić information content (AvgIpc) is 3.03. The molecular formula is C21H27N3O4. The molecule has 1 aliphatic rings. The van der Waals surface area contributed by atoms with Crippen LogP contribution in [0, 0.1) is 13.8 Å². The number of rotatable bonds is 5. The highest BCUT2D eigenvalue weighted by Gasteiger charge is 2.25. The van der Waals surface area contributed by atoms with E-state index in [1.54, 1.807) is 11.8 Å². The van der Waals surface area contributed by atoms with E-state index in [2.05, 4.69) is 10.3 Å². The lowest BCUT2D eigenvalue weighted by Crippen LogP contribution is -2.47. The van der Waals surface area contributed by atoms with Gasteiger partial charge in [-0.05, 0) is 45.2 Å². The van der Waals surface area contributed by atoms with Crippen molar-refractivity contribution in [3.05, 3.63) is 41.3 Å². The normalized spacial score (nSPS) is 14.8. The Morgan fingerprint density at radius 2 is 1.96 bits per heavy atom. The van der Waals surface area contributed by atoms with E-state index in [0.29, 0.717) is 37.0 Å². The van der Waals surface area contributed by atoms with Gasteiger partial charge < -0.3 is 19.4 Å². The predicted octanol–water partition coefficient (Wildman–Crippen LogP) is 3.24. The molecule has 150 valence electrons. The number of carbonyl (C=O) groups excluding carboxylic acids is 2. The molecule has 0 spiro atoms. The second kappa shape index (κ2) is 8.91. The fourth-order valence-electron chi connectivity index (χ4n) is 3.37. The molecule has 2 amide bonds. The highest BCUT2D eigenvalue weighted by molar-refractivity contribution is 5.79. The molecule has 2 heterocycles. The minimum Gasteiger partial charge on any atom is -0.450 e. The fraction of sp³-hybridized carbons (Fsp3) is 0.476. The Morgan fingerprint density at radius 1 is 1.25 bits per heavy atom. The van der Waals surface area contributed by atoms with E-state index in [1.807, 2.05) is 38.1 Å². The topological polar surface area (TPSA) is 84.7 Å². The molecule has 1 saturated heterocycles. The summed E-state index contributed by atoms with van der Waals surface area (Å²) in [5.74, 6) is 1.12. The molecule has 1 fully saturated rings. The summed E-state index contributed by atoms with van der Waals surface area (Å²) in [4.78, 5) is 30.4. The van der Waals surface area contributed by atoms with Gasteiger partial charge in [0.2, 0.25) is 11.8 Å². The quantitative estimate of drug-likeness (QED) is 0.854. The van der Waals surface area contributed by atoms with Crippen molar-refractivity contribution in [2.45, 2.75) is 46.1 Å². The Kier molecular flexibility index (Phi) is 6.34. The van der Waals surface area contributed by atoms with Crippen molar-refractivity contribution in [3.8, 4) is 11.5 Å². The molecule has 28 heavy (non-hydrogen) atoms. The van der Waals surface area contributed by atoms with Crippen molar-refractivity contribution in [3.63, 3.8) is 0 Å². The number of carbonyl (C=O) groups is 2. The smallest absolute Gasteiger partial charge is 0.409 e. The van der Waals surface area contributed by atoms with Gasteiger partial charge in [-0.2, -0.15) is 0 Å². The number of piperidine rings is 1. The molecule has 3 rings (SSSR count). The molecule has 1 aromatic heterocycles. The molecule has 2 aromatic rings. The lowest BCUT2D eigenvalue weighted by Gasteiger charge is -2.31. The number of benzene rings is 1. The molecule has 0 radical (unpaired) electrons. The molecule has 0 bridgehead atoms. The number of ether oxygens (including phenoxy) is 1. The number of hydrogen-bond acceptors (Lipinski definition) is 5. The first kappa shape index (κ1) is 19.9. The Bertz CT molecular complexity index is 838. The number of amides is 2. The SMILES string of the molecule is CCOC(=O)N1CCC(NC(=O)Cc2nc(-c3ccccc3C)oc2C)CC1. The number of oxazole rings is 1. The zero-order chi connectivity index (χ0) is 20.1. The average molecular weight is 385 g/mol. The summed E-state index contributed by atoms with van der Waals surface area (Å²) in [6.07, 6.45) is 1.33. The van der Waals surface area contributed by atoms with Crippen molar-refractivity contribution in [1.29, 1.82) is 0 Å². The van der Waals surface area contributed by atoms with Crippen molar-refractivity contribution >= 4 is 12.0 Å². The summed E-state index contributed by atoms with van der Waals surface area (Å²) in [7, 11) is 0. The van der Waals surface area contributed by atoms with Gasteiger partial charge in [0.25, 0.3) is 0 Å². The monoisotopic (exact) mass is 385 g/mol. The van der Waals surface area contributed by atoms with Gasteiger partial charge in [-0.25, -0.2) is 9.78 Å². The maximum Gasteiger partial charge on any atom is 0.409 e. The van der Waals surface area contributed by atoms with Crippen LogP contribution in [0.2, 0.25) is 0 Å². The number of aromatic nitrogens is 1. The zero-order valence-electron chi connectivity index (χ0n) is 16.7. The summed E-state index contributed by atoms with van der Waals surface area (Å²) < 4.78 is 10.8. The molecule has 0 aliphatic carbocycles. The fourth-order valence-corrected chi connectivity index (χ4v) is 3.37. The second-order valence-corrected chi connectivity index (χ2v) is 7.04. The predicted molar refractivity (Wildman–Crippen MR) is 105 cm³/mol. The van der Waals surface area contributed by atoms with Crippen LogP contribution in [0.5, 0.6) is 0 Å². The summed E-state index contributed by atoms with van der Waals surface area (Å²) in [5.41, 5.74) is 2.66. The third-order valence-electron chi connectivity index (χ3n) is 4.98. The molecule has 1 aromatic carbocycles. The zero-order valence-corrected chi connectivity index (χ0v) is 16.7. The highest BCUT2D eigenvalue weighted by atomic mass is 16.6. The van der Waals surface area contributed by atoms with Gasteiger partial charge in [0.15, 0.2) is 0 Å². The molecule has 0 saturated carbocycles. The van der Waals surface area contributed by atoms with Gasteiger partial charge in [0.1, 0.15) is 5.76 Å². The molecule has 7 heteroatoms. The van der Waals surface area contributed by atoms with Gasteiger partial charge in [-0.15, -0.1) is 0 Å². The lowest BCUT2D eigenvalue weighted by molar-refractivity contribution is -0.121. The van der Waals surface area contributed by atoms with Crippen LogP contribution < -0.4 is 5.32 Å². The molecule has 1 N–H and O–H groups in total. The summed E-state index contributed by atoms with van der Waals surface area (Å²) in [5, 5.41) is 3.05. The van der Waals surface area contributed by atoms with Crippen LogP contribution in [-0.4, -0.2) is 47.6 Å². The largest absolute Gasteiger partial charge is 0.450 e. The number of hydrogen-bond donors (Lipinski definition) is 1. The summed E-state index contributed by atoms with van der Waals surface area (Å²) in [6.45, 7) is 7.17. The molecule has 1 aliphatic heterocycles. The Balaban J connectivity index is 1.55. The third kappa shape index (κ3) is 4.71. The number of nitrogens with zero attached hydrogens (tertiary/aromatic N) is 2. The van der Waals surface area contributed by atoms with E-state index < -0.39 is 0 Å². The number of likely N-dealkylation sites (tertiary alicyclic amines) is 1. The van der Waals surface area contributed by atoms with Crippen LogP contribution in [0.1, 0.15) is 36.8 Å². The first-order valence-corrected chi connectivity index (χ1v) is 9.71. The van der Waals surface area contributed by atoms with Crippen LogP contribution in [0.25, 0.3) is 11.5 Å². The summed E-state index contributed by atoms with van der Waals surface area (Å²) >= 11 is 0. The van der Waals surface area contributed by atoms with Crippen molar-refractivity contribution in [2.24, 2.45) is 0 Å². The van der Waals surface area contributed by atoms with Crippen LogP contribution in [-0.2, 0) is 16.0 Å². The standard InChI is InChI=1S/C21H27N3O4/c1-4-27-21(26)24-11-9-16(10-12-24)22-19(25)13-18-15(3)28-20(23-18)17-8-6-5-7-14(17)2/h5-8,16H,4,9-13H2,1-3H3,(H,22,25). The van der Waals surface area contributed by atoms with Gasteiger partial charge in [0.05, 0.1) is 18.7 Å². The molecular weight excluding hydrogens is 358 g/mol. The number of aryl methyl sites for hydroxylation is 2. The van der Waals surface area contributed by atoms with Gasteiger partial charge >= 0.3 is 6.09 Å². The van der Waals surface area contributed by atoms with Gasteiger partial charge in [-0.1, -0.05) is 18.2 Å². The second-order valence-electron chi connectivity index (χ2n) is 7.04. The molecule has 7 nitrogen and oxygen atoms in total. The van der Waals surface area contributed by atoms with Crippen molar-refractivity contribution in [1.82, 2.24) is 15.2 Å². The summed E-state index contributed by atoms with van der Waals surface area (Å²) in [6, 6.07) is 7.93. The van der Waals surface area contributed by atoms with Crippen LogP contribution in [0.3, 0.4) is 0 Å². The van der Waals surface area contributed by atoms with E-state index in [1.165, 1.54) is 0 Å².